The number of likely N-dealkylation sites (tertiary alicyclic amines) is 1. The number of rotatable bonds is 5. The molecule has 3 heteroatoms. The first-order valence-corrected chi connectivity index (χ1v) is 8.21. The maximum Gasteiger partial charge on any atom is 0.167 e. The first kappa shape index (κ1) is 15.8. The molecule has 23 heavy (non-hydrogen) atoms. The highest BCUT2D eigenvalue weighted by Gasteiger charge is 2.26. The van der Waals surface area contributed by atoms with Crippen LogP contribution < -0.4 is 4.74 Å². The average Bonchev–Trinajstić information content (AvgIpc) is 2.62. The van der Waals surface area contributed by atoms with E-state index in [-0.39, 0.29) is 11.7 Å². The highest BCUT2D eigenvalue weighted by atomic mass is 16.5. The van der Waals surface area contributed by atoms with Crippen molar-refractivity contribution in [2.75, 3.05) is 20.2 Å². The van der Waals surface area contributed by atoms with E-state index >= 15 is 0 Å². The van der Waals surface area contributed by atoms with Gasteiger partial charge in [0.05, 0.1) is 7.11 Å². The molecule has 1 atom stereocenters. The predicted molar refractivity (Wildman–Crippen MR) is 91.8 cm³/mol. The first-order chi connectivity index (χ1) is 11.3. The minimum atomic E-state index is 0.0980. The third-order valence-electron chi connectivity index (χ3n) is 4.52. The molecule has 0 aromatic heterocycles. The van der Waals surface area contributed by atoms with Crippen LogP contribution in [0.15, 0.2) is 54.6 Å². The molecule has 1 aliphatic heterocycles. The number of hydrogen-bond donors (Lipinski definition) is 0. The second-order valence-electron chi connectivity index (χ2n) is 6.12. The molecule has 1 fully saturated rings. The number of hydrogen-bond acceptors (Lipinski definition) is 3. The number of carbonyl (C=O) groups is 1. The zero-order valence-corrected chi connectivity index (χ0v) is 13.6. The van der Waals surface area contributed by atoms with Crippen LogP contribution in [0.25, 0.3) is 0 Å². The molecule has 120 valence electrons. The van der Waals surface area contributed by atoms with E-state index < -0.39 is 0 Å². The fraction of sp³-hybridized carbons (Fsp3) is 0.350. The van der Waals surface area contributed by atoms with E-state index in [0.29, 0.717) is 0 Å². The van der Waals surface area contributed by atoms with Gasteiger partial charge in [-0.1, -0.05) is 48.5 Å². The molecule has 0 saturated carbocycles. The van der Waals surface area contributed by atoms with Crippen LogP contribution in [0.3, 0.4) is 0 Å². The lowest BCUT2D eigenvalue weighted by molar-refractivity contribution is 0.0811. The van der Waals surface area contributed by atoms with Gasteiger partial charge in [-0.05, 0) is 25.5 Å². The summed E-state index contributed by atoms with van der Waals surface area (Å²) in [6.45, 7) is 2.70. The smallest absolute Gasteiger partial charge is 0.167 e. The second-order valence-corrected chi connectivity index (χ2v) is 6.12. The summed E-state index contributed by atoms with van der Waals surface area (Å²) >= 11 is 0. The lowest BCUT2D eigenvalue weighted by Gasteiger charge is -2.32. The Balaban J connectivity index is 1.68. The maximum absolute atomic E-state index is 12.7. The average molecular weight is 309 g/mol. The highest BCUT2D eigenvalue weighted by molar-refractivity contribution is 5.98. The summed E-state index contributed by atoms with van der Waals surface area (Å²) in [5, 5.41) is 0. The van der Waals surface area contributed by atoms with Crippen LogP contribution in [0.4, 0.5) is 0 Å². The van der Waals surface area contributed by atoms with Gasteiger partial charge in [-0.25, -0.2) is 0 Å². The van der Waals surface area contributed by atoms with Gasteiger partial charge in [0.15, 0.2) is 5.78 Å². The van der Waals surface area contributed by atoms with Crippen molar-refractivity contribution < 1.29 is 9.53 Å². The monoisotopic (exact) mass is 309 g/mol. The quantitative estimate of drug-likeness (QED) is 0.787. The van der Waals surface area contributed by atoms with Crippen LogP contribution in [0.1, 0.15) is 28.8 Å². The molecule has 3 nitrogen and oxygen atoms in total. The molecule has 2 aromatic carbocycles. The molecule has 1 unspecified atom stereocenters. The molecule has 0 bridgehead atoms. The largest absolute Gasteiger partial charge is 0.496 e. The molecule has 0 amide bonds. The Morgan fingerprint density at radius 2 is 1.87 bits per heavy atom. The standard InChI is InChI=1S/C20H23NO2/c1-23-19-12-6-5-10-17(19)14-21-13-7-11-18(15-21)20(22)16-8-3-2-4-9-16/h2-6,8-10,12,18H,7,11,13-15H2,1H3. The van der Waals surface area contributed by atoms with Crippen LogP contribution in [0.5, 0.6) is 5.75 Å². The van der Waals surface area contributed by atoms with Crippen LogP contribution in [-0.2, 0) is 6.54 Å². The minimum Gasteiger partial charge on any atom is -0.496 e. The lowest BCUT2D eigenvalue weighted by Crippen LogP contribution is -2.38. The maximum atomic E-state index is 12.7. The summed E-state index contributed by atoms with van der Waals surface area (Å²) in [7, 11) is 1.71. The van der Waals surface area contributed by atoms with Crippen LogP contribution in [0, 0.1) is 5.92 Å². The second kappa shape index (κ2) is 7.42. The van der Waals surface area contributed by atoms with Gasteiger partial charge >= 0.3 is 0 Å². The summed E-state index contributed by atoms with van der Waals surface area (Å²) in [4.78, 5) is 15.0. The normalized spacial score (nSPS) is 18.6. The van der Waals surface area contributed by atoms with Gasteiger partial charge in [-0.15, -0.1) is 0 Å². The van der Waals surface area contributed by atoms with Gasteiger partial charge in [0.1, 0.15) is 5.75 Å². The fourth-order valence-electron chi connectivity index (χ4n) is 3.33. The third kappa shape index (κ3) is 3.80. The summed E-state index contributed by atoms with van der Waals surface area (Å²) in [6, 6.07) is 17.8. The third-order valence-corrected chi connectivity index (χ3v) is 4.52. The molecule has 1 heterocycles. The van der Waals surface area contributed by atoms with Gasteiger partial charge in [0, 0.05) is 30.1 Å². The van der Waals surface area contributed by atoms with E-state index in [4.69, 9.17) is 4.74 Å². The number of methoxy groups -OCH3 is 1. The predicted octanol–water partition coefficient (Wildman–Crippen LogP) is 3.79. The Morgan fingerprint density at radius 3 is 2.65 bits per heavy atom. The Labute approximate surface area is 137 Å². The number of carbonyl (C=O) groups excluding carboxylic acids is 1. The molecule has 0 N–H and O–H groups in total. The molecule has 0 aliphatic carbocycles. The van der Waals surface area contributed by atoms with Crippen molar-refractivity contribution in [3.05, 3.63) is 65.7 Å². The topological polar surface area (TPSA) is 29.5 Å². The number of Topliss-reactive ketones (excluding diaryl/α,β-unsaturated/α-hetero) is 1. The van der Waals surface area contributed by atoms with Crippen molar-refractivity contribution in [2.45, 2.75) is 19.4 Å². The molecule has 0 radical (unpaired) electrons. The zero-order chi connectivity index (χ0) is 16.1. The van der Waals surface area contributed by atoms with E-state index in [1.165, 1.54) is 5.56 Å². The summed E-state index contributed by atoms with van der Waals surface area (Å²) in [5.74, 6) is 1.29. The number of nitrogens with zero attached hydrogens (tertiary/aromatic N) is 1. The van der Waals surface area contributed by atoms with Gasteiger partial charge in [-0.3, -0.25) is 9.69 Å². The van der Waals surface area contributed by atoms with Crippen molar-refractivity contribution in [1.82, 2.24) is 4.90 Å². The van der Waals surface area contributed by atoms with Crippen LogP contribution in [0.2, 0.25) is 0 Å². The van der Waals surface area contributed by atoms with Crippen molar-refractivity contribution >= 4 is 5.78 Å². The number of piperidine rings is 1. The van der Waals surface area contributed by atoms with E-state index in [1.54, 1.807) is 7.11 Å². The van der Waals surface area contributed by atoms with E-state index in [2.05, 4.69) is 11.0 Å². The van der Waals surface area contributed by atoms with Crippen LogP contribution in [-0.4, -0.2) is 30.9 Å². The SMILES string of the molecule is COc1ccccc1CN1CCCC(C(=O)c2ccccc2)C1. The van der Waals surface area contributed by atoms with Gasteiger partial charge < -0.3 is 4.74 Å². The summed E-state index contributed by atoms with van der Waals surface area (Å²) in [6.07, 6.45) is 2.05. The Kier molecular flexibility index (Phi) is 5.09. The van der Waals surface area contributed by atoms with Gasteiger partial charge in [-0.2, -0.15) is 0 Å². The number of benzene rings is 2. The van der Waals surface area contributed by atoms with Gasteiger partial charge in [0.25, 0.3) is 0 Å². The van der Waals surface area contributed by atoms with Crippen molar-refractivity contribution in [2.24, 2.45) is 5.92 Å². The van der Waals surface area contributed by atoms with Gasteiger partial charge in [0.2, 0.25) is 0 Å². The molecule has 3 rings (SSSR count). The number of ketones is 1. The molecule has 0 spiro atoms. The zero-order valence-electron chi connectivity index (χ0n) is 13.6. The Bertz CT molecular complexity index is 654. The lowest BCUT2D eigenvalue weighted by atomic mass is 9.90. The van der Waals surface area contributed by atoms with E-state index in [9.17, 15) is 4.79 Å². The first-order valence-electron chi connectivity index (χ1n) is 8.21. The summed E-state index contributed by atoms with van der Waals surface area (Å²) in [5.41, 5.74) is 2.01. The van der Waals surface area contributed by atoms with Crippen LogP contribution >= 0.6 is 0 Å². The molecular weight excluding hydrogens is 286 g/mol. The Morgan fingerprint density at radius 1 is 1.13 bits per heavy atom. The van der Waals surface area contributed by atoms with Crippen molar-refractivity contribution in [3.8, 4) is 5.75 Å². The highest BCUT2D eigenvalue weighted by Crippen LogP contribution is 2.25. The molecular formula is C20H23NO2. The molecule has 1 saturated heterocycles. The Hall–Kier alpha value is -2.13. The number of para-hydroxylation sites is 1. The van der Waals surface area contributed by atoms with Crippen molar-refractivity contribution in [1.29, 1.82) is 0 Å². The van der Waals surface area contributed by atoms with E-state index in [1.807, 2.05) is 48.5 Å². The minimum absolute atomic E-state index is 0.0980. The molecule has 1 aliphatic rings. The number of ether oxygens (including phenoxy) is 1. The fourth-order valence-corrected chi connectivity index (χ4v) is 3.33. The summed E-state index contributed by atoms with van der Waals surface area (Å²) < 4.78 is 5.44. The molecule has 2 aromatic rings. The van der Waals surface area contributed by atoms with E-state index in [0.717, 1.165) is 43.8 Å². The van der Waals surface area contributed by atoms with Crippen molar-refractivity contribution in [3.63, 3.8) is 0 Å².